The SMILES string of the molecule is CCOc1c(/C(C)=C/C(=O)Nc2ccc(OC)c(Cl)c2)cc2c(-c3ccc(C)cc3)coc2c1C. The van der Waals surface area contributed by atoms with Gasteiger partial charge in [-0.15, -0.1) is 0 Å². The molecule has 0 atom stereocenters. The van der Waals surface area contributed by atoms with E-state index in [4.69, 9.17) is 25.5 Å². The molecule has 0 unspecified atom stereocenters. The highest BCUT2D eigenvalue weighted by molar-refractivity contribution is 6.32. The van der Waals surface area contributed by atoms with Gasteiger partial charge < -0.3 is 19.2 Å². The van der Waals surface area contributed by atoms with Crippen molar-refractivity contribution in [3.05, 3.63) is 82.6 Å². The minimum atomic E-state index is -0.269. The van der Waals surface area contributed by atoms with Crippen LogP contribution in [0.4, 0.5) is 5.69 Å². The zero-order chi connectivity index (χ0) is 25.1. The second-order valence-electron chi connectivity index (χ2n) is 8.37. The van der Waals surface area contributed by atoms with Crippen LogP contribution in [0.25, 0.3) is 27.7 Å². The smallest absolute Gasteiger partial charge is 0.248 e. The maximum Gasteiger partial charge on any atom is 0.248 e. The number of ether oxygens (including phenoxy) is 2. The van der Waals surface area contributed by atoms with Crippen LogP contribution in [0.3, 0.4) is 0 Å². The van der Waals surface area contributed by atoms with Gasteiger partial charge in [0, 0.05) is 33.8 Å². The lowest BCUT2D eigenvalue weighted by Crippen LogP contribution is -2.09. The first-order valence-corrected chi connectivity index (χ1v) is 11.8. The second kappa shape index (κ2) is 10.3. The van der Waals surface area contributed by atoms with Gasteiger partial charge in [0.25, 0.3) is 0 Å². The molecule has 5 nitrogen and oxygen atoms in total. The van der Waals surface area contributed by atoms with Gasteiger partial charge in [0.05, 0.1) is 25.0 Å². The Balaban J connectivity index is 1.74. The lowest BCUT2D eigenvalue weighted by molar-refractivity contribution is -0.111. The standard InChI is InChI=1S/C29H28ClNO4/c1-6-34-28-19(4)29-23(24(16-35-29)20-9-7-17(2)8-10-20)15-22(28)18(3)13-27(32)31-21-11-12-26(33-5)25(30)14-21/h7-16H,6H2,1-5H3,(H,31,32)/b18-13+. The van der Waals surface area contributed by atoms with E-state index in [1.54, 1.807) is 37.6 Å². The van der Waals surface area contributed by atoms with Crippen LogP contribution in [-0.2, 0) is 4.79 Å². The number of furan rings is 1. The Labute approximate surface area is 210 Å². The molecule has 0 saturated carbocycles. The molecule has 180 valence electrons. The zero-order valence-corrected chi connectivity index (χ0v) is 21.2. The fraction of sp³-hybridized carbons (Fsp3) is 0.207. The number of allylic oxidation sites excluding steroid dienone is 1. The molecule has 4 rings (SSSR count). The summed E-state index contributed by atoms with van der Waals surface area (Å²) in [6, 6.07) is 15.5. The summed E-state index contributed by atoms with van der Waals surface area (Å²) >= 11 is 6.19. The first-order valence-electron chi connectivity index (χ1n) is 11.4. The number of rotatable bonds is 7. The van der Waals surface area contributed by atoms with E-state index in [1.165, 1.54) is 5.56 Å². The van der Waals surface area contributed by atoms with E-state index in [-0.39, 0.29) is 5.91 Å². The van der Waals surface area contributed by atoms with Crippen LogP contribution in [0.5, 0.6) is 11.5 Å². The minimum absolute atomic E-state index is 0.269. The molecular formula is C29H28ClNO4. The van der Waals surface area contributed by atoms with Gasteiger partial charge in [-0.2, -0.15) is 0 Å². The summed E-state index contributed by atoms with van der Waals surface area (Å²) < 4.78 is 17.2. The maximum atomic E-state index is 12.8. The van der Waals surface area contributed by atoms with Crippen LogP contribution in [0.15, 0.2) is 65.3 Å². The molecule has 0 aliphatic rings. The minimum Gasteiger partial charge on any atom is -0.495 e. The van der Waals surface area contributed by atoms with Crippen molar-refractivity contribution in [2.24, 2.45) is 0 Å². The number of benzene rings is 3. The third-order valence-electron chi connectivity index (χ3n) is 5.89. The number of hydrogen-bond donors (Lipinski definition) is 1. The monoisotopic (exact) mass is 489 g/mol. The molecule has 35 heavy (non-hydrogen) atoms. The van der Waals surface area contributed by atoms with E-state index in [1.807, 2.05) is 26.8 Å². The van der Waals surface area contributed by atoms with Gasteiger partial charge in [-0.05, 0) is 63.1 Å². The van der Waals surface area contributed by atoms with Gasteiger partial charge in [-0.3, -0.25) is 4.79 Å². The topological polar surface area (TPSA) is 60.7 Å². The Morgan fingerprint density at radius 1 is 1.11 bits per heavy atom. The fourth-order valence-corrected chi connectivity index (χ4v) is 4.35. The lowest BCUT2D eigenvalue weighted by Gasteiger charge is -2.15. The largest absolute Gasteiger partial charge is 0.495 e. The molecule has 0 aliphatic carbocycles. The second-order valence-corrected chi connectivity index (χ2v) is 8.78. The highest BCUT2D eigenvalue weighted by Crippen LogP contribution is 2.41. The predicted molar refractivity (Wildman–Crippen MR) is 143 cm³/mol. The fourth-order valence-electron chi connectivity index (χ4n) is 4.09. The Kier molecular flexibility index (Phi) is 7.17. The molecule has 1 aromatic heterocycles. The number of methoxy groups -OCH3 is 1. The van der Waals surface area contributed by atoms with Crippen molar-refractivity contribution in [2.75, 3.05) is 19.0 Å². The molecule has 0 spiro atoms. The number of hydrogen-bond acceptors (Lipinski definition) is 4. The summed E-state index contributed by atoms with van der Waals surface area (Å²) in [7, 11) is 1.55. The van der Waals surface area contributed by atoms with Gasteiger partial charge in [0.1, 0.15) is 17.1 Å². The summed E-state index contributed by atoms with van der Waals surface area (Å²) in [5.41, 5.74) is 7.13. The van der Waals surface area contributed by atoms with Gasteiger partial charge >= 0.3 is 0 Å². The number of halogens is 1. The average molecular weight is 490 g/mol. The summed E-state index contributed by atoms with van der Waals surface area (Å²) in [6.07, 6.45) is 3.34. The quantitative estimate of drug-likeness (QED) is 0.269. The van der Waals surface area contributed by atoms with E-state index in [9.17, 15) is 4.79 Å². The van der Waals surface area contributed by atoms with E-state index >= 15 is 0 Å². The molecule has 0 radical (unpaired) electrons. The summed E-state index contributed by atoms with van der Waals surface area (Å²) in [5.74, 6) is 0.986. The summed E-state index contributed by atoms with van der Waals surface area (Å²) in [6.45, 7) is 8.37. The number of aryl methyl sites for hydroxylation is 2. The molecule has 0 fully saturated rings. The number of nitrogens with one attached hydrogen (secondary N) is 1. The lowest BCUT2D eigenvalue weighted by atomic mass is 9.96. The molecule has 6 heteroatoms. The maximum absolute atomic E-state index is 12.8. The third kappa shape index (κ3) is 5.05. The van der Waals surface area contributed by atoms with Crippen molar-refractivity contribution in [3.63, 3.8) is 0 Å². The van der Waals surface area contributed by atoms with E-state index in [0.717, 1.165) is 38.8 Å². The van der Waals surface area contributed by atoms with Crippen LogP contribution in [0.2, 0.25) is 5.02 Å². The van der Waals surface area contributed by atoms with Crippen molar-refractivity contribution in [3.8, 4) is 22.6 Å². The number of carbonyl (C=O) groups excluding carboxylic acids is 1. The van der Waals surface area contributed by atoms with Crippen LogP contribution >= 0.6 is 11.6 Å². The predicted octanol–water partition coefficient (Wildman–Crippen LogP) is 7.82. The number of anilines is 1. The Morgan fingerprint density at radius 3 is 2.51 bits per heavy atom. The van der Waals surface area contributed by atoms with Crippen LogP contribution in [0.1, 0.15) is 30.5 Å². The molecule has 3 aromatic carbocycles. The molecule has 0 bridgehead atoms. The van der Waals surface area contributed by atoms with Crippen molar-refractivity contribution in [1.29, 1.82) is 0 Å². The highest BCUT2D eigenvalue weighted by Gasteiger charge is 2.19. The number of carbonyl (C=O) groups is 1. The first-order chi connectivity index (χ1) is 16.8. The van der Waals surface area contributed by atoms with E-state index < -0.39 is 0 Å². The molecule has 4 aromatic rings. The Morgan fingerprint density at radius 2 is 1.86 bits per heavy atom. The molecule has 1 amide bonds. The van der Waals surface area contributed by atoms with Gasteiger partial charge in [0.15, 0.2) is 0 Å². The van der Waals surface area contributed by atoms with Crippen molar-refractivity contribution >= 4 is 39.7 Å². The molecule has 1 heterocycles. The van der Waals surface area contributed by atoms with Crippen molar-refractivity contribution in [1.82, 2.24) is 0 Å². The average Bonchev–Trinajstić information content (AvgIpc) is 3.25. The summed E-state index contributed by atoms with van der Waals surface area (Å²) in [5, 5.41) is 4.26. The third-order valence-corrected chi connectivity index (χ3v) is 6.18. The zero-order valence-electron chi connectivity index (χ0n) is 20.5. The molecule has 1 N–H and O–H groups in total. The Hall–Kier alpha value is -3.70. The van der Waals surface area contributed by atoms with Crippen LogP contribution in [0, 0.1) is 13.8 Å². The number of amides is 1. The van der Waals surface area contributed by atoms with Gasteiger partial charge in [-0.1, -0.05) is 41.4 Å². The van der Waals surface area contributed by atoms with Crippen LogP contribution in [-0.4, -0.2) is 19.6 Å². The van der Waals surface area contributed by atoms with Gasteiger partial charge in [0.2, 0.25) is 5.91 Å². The molecule has 0 saturated heterocycles. The normalized spacial score (nSPS) is 11.5. The highest BCUT2D eigenvalue weighted by atomic mass is 35.5. The van der Waals surface area contributed by atoms with E-state index in [2.05, 4.69) is 36.5 Å². The van der Waals surface area contributed by atoms with Crippen molar-refractivity contribution in [2.45, 2.75) is 27.7 Å². The Bertz CT molecular complexity index is 1420. The van der Waals surface area contributed by atoms with E-state index in [0.29, 0.717) is 28.8 Å². The molecule has 0 aliphatic heterocycles. The van der Waals surface area contributed by atoms with Crippen molar-refractivity contribution < 1.29 is 18.7 Å². The number of fused-ring (bicyclic) bond motifs is 1. The first kappa shape index (κ1) is 24.4. The summed E-state index contributed by atoms with van der Waals surface area (Å²) in [4.78, 5) is 12.8. The van der Waals surface area contributed by atoms with Gasteiger partial charge in [-0.25, -0.2) is 0 Å². The van der Waals surface area contributed by atoms with Crippen LogP contribution < -0.4 is 14.8 Å². The molecular weight excluding hydrogens is 462 g/mol.